The Labute approximate surface area is 152 Å². The van der Waals surface area contributed by atoms with Gasteiger partial charge in [0.15, 0.2) is 0 Å². The number of carboxylic acids is 1. The zero-order valence-corrected chi connectivity index (χ0v) is 14.5. The summed E-state index contributed by atoms with van der Waals surface area (Å²) in [6.45, 7) is 2.00. The summed E-state index contributed by atoms with van der Waals surface area (Å²) in [6.07, 6.45) is 4.51. The molecule has 26 heavy (non-hydrogen) atoms. The highest BCUT2D eigenvalue weighted by Gasteiger charge is 2.33. The van der Waals surface area contributed by atoms with Crippen LogP contribution in [0.25, 0.3) is 0 Å². The quantitative estimate of drug-likeness (QED) is 0.783. The molecule has 0 bridgehead atoms. The zero-order valence-electron chi connectivity index (χ0n) is 14.5. The average Bonchev–Trinajstić information content (AvgIpc) is 2.63. The lowest BCUT2D eigenvalue weighted by Gasteiger charge is -2.24. The molecule has 3 rings (SSSR count). The molecule has 1 aliphatic rings. The van der Waals surface area contributed by atoms with Gasteiger partial charge in [-0.3, -0.25) is 9.59 Å². The number of carbonyl (C=O) groups excluding carboxylic acids is 1. The molecule has 2 atom stereocenters. The number of rotatable bonds is 5. The molecule has 2 N–H and O–H groups in total. The van der Waals surface area contributed by atoms with Crippen LogP contribution in [0.4, 0.5) is 5.69 Å². The van der Waals surface area contributed by atoms with Gasteiger partial charge in [0.2, 0.25) is 5.91 Å². The van der Waals surface area contributed by atoms with E-state index in [1.807, 2.05) is 43.3 Å². The van der Waals surface area contributed by atoms with Gasteiger partial charge in [0.25, 0.3) is 0 Å². The second-order valence-electron chi connectivity index (χ2n) is 6.43. The van der Waals surface area contributed by atoms with E-state index in [1.165, 1.54) is 0 Å². The van der Waals surface area contributed by atoms with Crippen molar-refractivity contribution in [1.82, 2.24) is 0 Å². The molecule has 0 radical (unpaired) electrons. The van der Waals surface area contributed by atoms with E-state index in [0.29, 0.717) is 24.3 Å². The first-order valence-electron chi connectivity index (χ1n) is 8.56. The van der Waals surface area contributed by atoms with E-state index in [4.69, 9.17) is 4.74 Å². The zero-order chi connectivity index (χ0) is 18.5. The normalized spacial score (nSPS) is 19.0. The van der Waals surface area contributed by atoms with Gasteiger partial charge in [0, 0.05) is 5.69 Å². The standard InChI is InChI=1S/C21H21NO4/c1-14-5-4-6-17(13-14)26-16-11-9-15(10-12-16)22-20(23)18-7-2-3-8-19(18)21(24)25/h2-6,9-13,18-19H,7-8H2,1H3,(H,22,23)(H,24,25)/t18-,19-/m0/s1. The smallest absolute Gasteiger partial charge is 0.307 e. The van der Waals surface area contributed by atoms with Crippen molar-refractivity contribution in [2.24, 2.45) is 11.8 Å². The van der Waals surface area contributed by atoms with Gasteiger partial charge in [-0.25, -0.2) is 0 Å². The Bertz CT molecular complexity index is 826. The maximum atomic E-state index is 12.5. The Morgan fingerprint density at radius 3 is 2.35 bits per heavy atom. The first-order chi connectivity index (χ1) is 12.5. The Morgan fingerprint density at radius 1 is 1.00 bits per heavy atom. The fourth-order valence-corrected chi connectivity index (χ4v) is 3.03. The number of hydrogen-bond acceptors (Lipinski definition) is 3. The monoisotopic (exact) mass is 351 g/mol. The molecule has 5 heteroatoms. The minimum atomic E-state index is -0.934. The summed E-state index contributed by atoms with van der Waals surface area (Å²) < 4.78 is 5.78. The van der Waals surface area contributed by atoms with Crippen LogP contribution in [-0.2, 0) is 9.59 Å². The van der Waals surface area contributed by atoms with Gasteiger partial charge in [-0.1, -0.05) is 24.3 Å². The predicted octanol–water partition coefficient (Wildman–Crippen LogP) is 4.39. The number of aliphatic carboxylic acids is 1. The number of nitrogens with one attached hydrogen (secondary N) is 1. The molecule has 0 saturated carbocycles. The number of carbonyl (C=O) groups is 2. The van der Waals surface area contributed by atoms with E-state index in [0.717, 1.165) is 11.3 Å². The topological polar surface area (TPSA) is 75.6 Å². The summed E-state index contributed by atoms with van der Waals surface area (Å²) in [5, 5.41) is 12.1. The van der Waals surface area contributed by atoms with E-state index >= 15 is 0 Å². The van der Waals surface area contributed by atoms with E-state index < -0.39 is 17.8 Å². The Balaban J connectivity index is 1.64. The van der Waals surface area contributed by atoms with Gasteiger partial charge in [-0.05, 0) is 61.7 Å². The molecule has 134 valence electrons. The molecule has 5 nitrogen and oxygen atoms in total. The number of benzene rings is 2. The molecule has 0 spiro atoms. The SMILES string of the molecule is Cc1cccc(Oc2ccc(NC(=O)[C@H]3CC=CC[C@@H]3C(=O)O)cc2)c1. The van der Waals surface area contributed by atoms with Crippen LogP contribution < -0.4 is 10.1 Å². The van der Waals surface area contributed by atoms with Crippen LogP contribution in [0.15, 0.2) is 60.7 Å². The number of allylic oxidation sites excluding steroid dienone is 2. The van der Waals surface area contributed by atoms with Crippen LogP contribution in [0.2, 0.25) is 0 Å². The lowest BCUT2D eigenvalue weighted by molar-refractivity contribution is -0.146. The molecular weight excluding hydrogens is 330 g/mol. The highest BCUT2D eigenvalue weighted by atomic mass is 16.5. The summed E-state index contributed by atoms with van der Waals surface area (Å²) in [5.74, 6) is -1.02. The molecule has 2 aromatic rings. The van der Waals surface area contributed by atoms with Crippen molar-refractivity contribution in [2.75, 3.05) is 5.32 Å². The summed E-state index contributed by atoms with van der Waals surface area (Å²) in [6, 6.07) is 14.8. The van der Waals surface area contributed by atoms with Crippen LogP contribution in [0.3, 0.4) is 0 Å². The first-order valence-corrected chi connectivity index (χ1v) is 8.56. The highest BCUT2D eigenvalue weighted by molar-refractivity contribution is 5.95. The molecule has 0 saturated heterocycles. The van der Waals surface area contributed by atoms with Gasteiger partial charge in [0.05, 0.1) is 11.8 Å². The maximum Gasteiger partial charge on any atom is 0.307 e. The van der Waals surface area contributed by atoms with Crippen molar-refractivity contribution in [2.45, 2.75) is 19.8 Å². The van der Waals surface area contributed by atoms with E-state index in [2.05, 4.69) is 5.32 Å². The summed E-state index contributed by atoms with van der Waals surface area (Å²) >= 11 is 0. The number of anilines is 1. The lowest BCUT2D eigenvalue weighted by Crippen LogP contribution is -2.34. The summed E-state index contributed by atoms with van der Waals surface area (Å²) in [7, 11) is 0. The third-order valence-corrected chi connectivity index (χ3v) is 4.43. The van der Waals surface area contributed by atoms with Gasteiger partial charge >= 0.3 is 5.97 Å². The molecule has 0 aromatic heterocycles. The molecule has 0 unspecified atom stereocenters. The predicted molar refractivity (Wildman–Crippen MR) is 99.3 cm³/mol. The van der Waals surface area contributed by atoms with Crippen LogP contribution in [0.5, 0.6) is 11.5 Å². The van der Waals surface area contributed by atoms with Gasteiger partial charge < -0.3 is 15.2 Å². The fraction of sp³-hybridized carbons (Fsp3) is 0.238. The maximum absolute atomic E-state index is 12.5. The van der Waals surface area contributed by atoms with E-state index in [-0.39, 0.29) is 5.91 Å². The molecule has 1 aliphatic carbocycles. The van der Waals surface area contributed by atoms with Crippen molar-refractivity contribution < 1.29 is 19.4 Å². The van der Waals surface area contributed by atoms with Crippen molar-refractivity contribution in [3.63, 3.8) is 0 Å². The first kappa shape index (κ1) is 17.7. The largest absolute Gasteiger partial charge is 0.481 e. The minimum Gasteiger partial charge on any atom is -0.481 e. The number of amides is 1. The van der Waals surface area contributed by atoms with E-state index in [9.17, 15) is 14.7 Å². The number of aryl methyl sites for hydroxylation is 1. The molecular formula is C21H21NO4. The Morgan fingerprint density at radius 2 is 1.69 bits per heavy atom. The summed E-state index contributed by atoms with van der Waals surface area (Å²) in [5.41, 5.74) is 1.73. The molecule has 1 amide bonds. The van der Waals surface area contributed by atoms with Crippen LogP contribution >= 0.6 is 0 Å². The number of ether oxygens (including phenoxy) is 1. The second kappa shape index (κ2) is 7.87. The second-order valence-corrected chi connectivity index (χ2v) is 6.43. The van der Waals surface area contributed by atoms with Crippen molar-refractivity contribution in [3.8, 4) is 11.5 Å². The van der Waals surface area contributed by atoms with Gasteiger partial charge in [0.1, 0.15) is 11.5 Å². The molecule has 0 aliphatic heterocycles. The molecule has 0 heterocycles. The van der Waals surface area contributed by atoms with Crippen LogP contribution in [0.1, 0.15) is 18.4 Å². The third kappa shape index (κ3) is 4.30. The molecule has 0 fully saturated rings. The van der Waals surface area contributed by atoms with E-state index in [1.54, 1.807) is 24.3 Å². The van der Waals surface area contributed by atoms with Gasteiger partial charge in [-0.2, -0.15) is 0 Å². The van der Waals surface area contributed by atoms with Crippen LogP contribution in [-0.4, -0.2) is 17.0 Å². The third-order valence-electron chi connectivity index (χ3n) is 4.43. The highest BCUT2D eigenvalue weighted by Crippen LogP contribution is 2.28. The molecule has 2 aromatic carbocycles. The fourth-order valence-electron chi connectivity index (χ4n) is 3.03. The lowest BCUT2D eigenvalue weighted by atomic mass is 9.82. The van der Waals surface area contributed by atoms with Crippen molar-refractivity contribution in [3.05, 3.63) is 66.2 Å². The van der Waals surface area contributed by atoms with Crippen molar-refractivity contribution in [1.29, 1.82) is 0 Å². The Hall–Kier alpha value is -3.08. The summed E-state index contributed by atoms with van der Waals surface area (Å²) in [4.78, 5) is 23.8. The number of carboxylic acid groups (broad SMARTS) is 1. The van der Waals surface area contributed by atoms with Crippen LogP contribution in [0, 0.1) is 18.8 Å². The van der Waals surface area contributed by atoms with Gasteiger partial charge in [-0.15, -0.1) is 0 Å². The Kier molecular flexibility index (Phi) is 5.37. The van der Waals surface area contributed by atoms with Crippen molar-refractivity contribution >= 4 is 17.6 Å². The average molecular weight is 351 g/mol. The number of hydrogen-bond donors (Lipinski definition) is 2. The minimum absolute atomic E-state index is 0.269.